The zero-order valence-electron chi connectivity index (χ0n) is 20.6. The molecule has 2 atom stereocenters. The fraction of sp³-hybridized carbons (Fsp3) is 0.667. The Labute approximate surface area is 197 Å². The van der Waals surface area contributed by atoms with Gasteiger partial charge in [0.2, 0.25) is 5.69 Å². The van der Waals surface area contributed by atoms with Crippen LogP contribution in [0.2, 0.25) is 0 Å². The lowest BCUT2D eigenvalue weighted by Gasteiger charge is -2.39. The van der Waals surface area contributed by atoms with E-state index in [1.807, 2.05) is 24.3 Å². The van der Waals surface area contributed by atoms with E-state index in [-0.39, 0.29) is 23.9 Å². The smallest absolute Gasteiger partial charge is 0.362 e. The van der Waals surface area contributed by atoms with Crippen LogP contribution in [0, 0.1) is 11.8 Å². The van der Waals surface area contributed by atoms with Crippen molar-refractivity contribution in [1.82, 2.24) is 14.5 Å². The molecule has 1 aromatic heterocycles. The molecule has 0 unspecified atom stereocenters. The number of benzene rings is 1. The van der Waals surface area contributed by atoms with Crippen LogP contribution in [0.1, 0.15) is 89.2 Å². The average molecular weight is 454 g/mol. The molecule has 1 aliphatic carbocycles. The normalized spacial score (nSPS) is 24.9. The number of likely N-dealkylation sites (tertiary alicyclic amines) is 1. The summed E-state index contributed by atoms with van der Waals surface area (Å²) in [5, 5.41) is 0. The van der Waals surface area contributed by atoms with Gasteiger partial charge in [-0.05, 0) is 89.3 Å². The molecule has 180 valence electrons. The van der Waals surface area contributed by atoms with Crippen molar-refractivity contribution in [3.05, 3.63) is 40.3 Å². The molecule has 0 N–H and O–H groups in total. The fourth-order valence-electron chi connectivity index (χ4n) is 6.12. The van der Waals surface area contributed by atoms with Crippen LogP contribution in [0.15, 0.2) is 29.1 Å². The number of hydrogen-bond donors (Lipinski definition) is 0. The third-order valence-electron chi connectivity index (χ3n) is 7.89. The molecule has 2 aromatic rings. The second-order valence-electron chi connectivity index (χ2n) is 10.3. The number of rotatable bonds is 7. The van der Waals surface area contributed by atoms with Gasteiger partial charge < -0.3 is 9.30 Å². The molecule has 1 aliphatic heterocycles. The van der Waals surface area contributed by atoms with Gasteiger partial charge in [0.15, 0.2) is 0 Å². The Hall–Kier alpha value is -2.21. The van der Waals surface area contributed by atoms with Crippen molar-refractivity contribution < 1.29 is 9.53 Å². The highest BCUT2D eigenvalue weighted by atomic mass is 16.5. The van der Waals surface area contributed by atoms with Crippen LogP contribution in [0.4, 0.5) is 0 Å². The molecule has 0 radical (unpaired) electrons. The molecule has 0 bridgehead atoms. The highest BCUT2D eigenvalue weighted by molar-refractivity contribution is 5.89. The van der Waals surface area contributed by atoms with E-state index in [1.165, 1.54) is 38.5 Å². The van der Waals surface area contributed by atoms with Crippen molar-refractivity contribution in [2.45, 2.75) is 90.8 Å². The van der Waals surface area contributed by atoms with Crippen molar-refractivity contribution in [3.63, 3.8) is 0 Å². The second-order valence-corrected chi connectivity index (χ2v) is 10.3. The zero-order valence-corrected chi connectivity index (χ0v) is 20.6. The molecule has 0 spiro atoms. The molecule has 2 aliphatic rings. The van der Waals surface area contributed by atoms with Gasteiger partial charge in [-0.15, -0.1) is 0 Å². The molecular formula is C27H39N3O3. The van der Waals surface area contributed by atoms with Crippen molar-refractivity contribution in [2.75, 3.05) is 13.2 Å². The van der Waals surface area contributed by atoms with Gasteiger partial charge in [-0.2, -0.15) is 0 Å². The number of aromatic nitrogens is 2. The van der Waals surface area contributed by atoms with E-state index in [9.17, 15) is 9.59 Å². The standard InChI is InChI=1S/C27H39N3O3/c1-5-33-27(32)25-26(31)30(24-11-7-6-10-23(24)28-25)19(4)17-22-9-8-16-29(22)21-14-12-20(13-15-21)18(2)3/h6-7,10-11,18-22H,5,8-9,12-17H2,1-4H3/t19-,20-,21+,22-/m0/s1. The van der Waals surface area contributed by atoms with Crippen molar-refractivity contribution in [2.24, 2.45) is 11.8 Å². The number of nitrogens with zero attached hydrogens (tertiary/aromatic N) is 3. The van der Waals surface area contributed by atoms with Crippen LogP contribution in [0.5, 0.6) is 0 Å². The molecular weight excluding hydrogens is 414 g/mol. The first kappa shape index (κ1) is 23.9. The summed E-state index contributed by atoms with van der Waals surface area (Å²) in [6.45, 7) is 9.94. The summed E-state index contributed by atoms with van der Waals surface area (Å²) in [6.07, 6.45) is 8.55. The maximum Gasteiger partial charge on any atom is 0.362 e. The fourth-order valence-corrected chi connectivity index (χ4v) is 6.12. The third-order valence-corrected chi connectivity index (χ3v) is 7.89. The first-order chi connectivity index (χ1) is 15.9. The van der Waals surface area contributed by atoms with E-state index in [2.05, 4.69) is 30.7 Å². The number of para-hydroxylation sites is 2. The number of carbonyl (C=O) groups excluding carboxylic acids is 1. The lowest BCUT2D eigenvalue weighted by Crippen LogP contribution is -2.43. The van der Waals surface area contributed by atoms with E-state index in [1.54, 1.807) is 11.5 Å². The topological polar surface area (TPSA) is 64.4 Å². The summed E-state index contributed by atoms with van der Waals surface area (Å²) in [6, 6.07) is 8.70. The monoisotopic (exact) mass is 453 g/mol. The quantitative estimate of drug-likeness (QED) is 0.539. The van der Waals surface area contributed by atoms with E-state index in [0.29, 0.717) is 17.6 Å². The lowest BCUT2D eigenvalue weighted by molar-refractivity contribution is 0.0516. The minimum absolute atomic E-state index is 0.0313. The Morgan fingerprint density at radius 2 is 1.85 bits per heavy atom. The number of ether oxygens (including phenoxy) is 1. The maximum absolute atomic E-state index is 13.4. The zero-order chi connectivity index (χ0) is 23.5. The number of fused-ring (bicyclic) bond motifs is 1. The Bertz CT molecular complexity index is 1020. The summed E-state index contributed by atoms with van der Waals surface area (Å²) in [5.41, 5.74) is 0.978. The van der Waals surface area contributed by atoms with E-state index in [4.69, 9.17) is 4.74 Å². The molecule has 6 nitrogen and oxygen atoms in total. The Morgan fingerprint density at radius 1 is 1.12 bits per heavy atom. The molecule has 33 heavy (non-hydrogen) atoms. The minimum atomic E-state index is -0.640. The van der Waals surface area contributed by atoms with Crippen LogP contribution >= 0.6 is 0 Å². The molecule has 2 heterocycles. The number of hydrogen-bond acceptors (Lipinski definition) is 5. The summed E-state index contributed by atoms with van der Waals surface area (Å²) in [4.78, 5) is 32.9. The van der Waals surface area contributed by atoms with Crippen molar-refractivity contribution >= 4 is 17.0 Å². The van der Waals surface area contributed by atoms with Crippen LogP contribution in [-0.4, -0.2) is 45.7 Å². The van der Waals surface area contributed by atoms with Gasteiger partial charge in [0.25, 0.3) is 5.56 Å². The predicted molar refractivity (Wildman–Crippen MR) is 132 cm³/mol. The summed E-state index contributed by atoms with van der Waals surface area (Å²) < 4.78 is 6.90. The second kappa shape index (κ2) is 10.4. The number of esters is 1. The van der Waals surface area contributed by atoms with Gasteiger partial charge >= 0.3 is 5.97 Å². The Balaban J connectivity index is 1.57. The molecule has 1 aromatic carbocycles. The molecule has 1 saturated carbocycles. The average Bonchev–Trinajstić information content (AvgIpc) is 3.26. The molecule has 4 rings (SSSR count). The minimum Gasteiger partial charge on any atom is -0.461 e. The van der Waals surface area contributed by atoms with E-state index >= 15 is 0 Å². The van der Waals surface area contributed by atoms with Gasteiger partial charge in [-0.3, -0.25) is 9.69 Å². The molecule has 2 fully saturated rings. The van der Waals surface area contributed by atoms with Crippen molar-refractivity contribution in [1.29, 1.82) is 0 Å². The van der Waals surface area contributed by atoms with Gasteiger partial charge in [-0.1, -0.05) is 26.0 Å². The van der Waals surface area contributed by atoms with Crippen LogP contribution in [0.25, 0.3) is 11.0 Å². The molecule has 6 heteroatoms. The SMILES string of the molecule is CCOC(=O)c1nc2ccccc2n([C@@H](C)C[C@@H]2CCCN2[C@H]2CC[C@@H](C(C)C)CC2)c1=O. The molecule has 1 saturated heterocycles. The summed E-state index contributed by atoms with van der Waals surface area (Å²) >= 11 is 0. The van der Waals surface area contributed by atoms with E-state index < -0.39 is 5.97 Å². The molecule has 0 amide bonds. The Morgan fingerprint density at radius 3 is 2.55 bits per heavy atom. The first-order valence-electron chi connectivity index (χ1n) is 12.8. The van der Waals surface area contributed by atoms with Crippen molar-refractivity contribution in [3.8, 4) is 0 Å². The van der Waals surface area contributed by atoms with Gasteiger partial charge in [-0.25, -0.2) is 9.78 Å². The number of carbonyl (C=O) groups is 1. The van der Waals surface area contributed by atoms with Gasteiger partial charge in [0.05, 0.1) is 17.6 Å². The maximum atomic E-state index is 13.4. The van der Waals surface area contributed by atoms with Gasteiger partial charge in [0.1, 0.15) is 0 Å². The third kappa shape index (κ3) is 5.01. The van der Waals surface area contributed by atoms with Gasteiger partial charge in [0, 0.05) is 18.1 Å². The Kier molecular flexibility index (Phi) is 7.52. The van der Waals surface area contributed by atoms with Crippen LogP contribution in [-0.2, 0) is 4.74 Å². The highest BCUT2D eigenvalue weighted by Crippen LogP contribution is 2.36. The highest BCUT2D eigenvalue weighted by Gasteiger charge is 2.35. The summed E-state index contributed by atoms with van der Waals surface area (Å²) in [5.74, 6) is 1.00. The first-order valence-corrected chi connectivity index (χ1v) is 12.8. The van der Waals surface area contributed by atoms with Crippen LogP contribution in [0.3, 0.4) is 0 Å². The van der Waals surface area contributed by atoms with E-state index in [0.717, 1.165) is 30.3 Å². The van der Waals surface area contributed by atoms with Crippen LogP contribution < -0.4 is 5.56 Å². The largest absolute Gasteiger partial charge is 0.461 e. The summed E-state index contributed by atoms with van der Waals surface area (Å²) in [7, 11) is 0. The predicted octanol–water partition coefficient (Wildman–Crippen LogP) is 5.20. The lowest BCUT2D eigenvalue weighted by atomic mass is 9.79.